The number of aryl methyl sites for hydroxylation is 2. The number of nitrogens with zero attached hydrogens (tertiary/aromatic N) is 1. The third kappa shape index (κ3) is 3.09. The molecular formula is C11H19N3. The van der Waals surface area contributed by atoms with E-state index in [9.17, 15) is 0 Å². The SMILES string of the molecule is Cc1ccc(CN[C@@H](C)CN)c(C)n1. The summed E-state index contributed by atoms with van der Waals surface area (Å²) < 4.78 is 0. The van der Waals surface area contributed by atoms with Gasteiger partial charge in [-0.05, 0) is 32.4 Å². The lowest BCUT2D eigenvalue weighted by Gasteiger charge is -2.12. The maximum absolute atomic E-state index is 5.52. The van der Waals surface area contributed by atoms with Crippen molar-refractivity contribution in [1.29, 1.82) is 0 Å². The van der Waals surface area contributed by atoms with E-state index in [1.54, 1.807) is 0 Å². The van der Waals surface area contributed by atoms with Crippen molar-refractivity contribution >= 4 is 0 Å². The van der Waals surface area contributed by atoms with Gasteiger partial charge in [0.25, 0.3) is 0 Å². The number of aromatic nitrogens is 1. The fourth-order valence-corrected chi connectivity index (χ4v) is 1.27. The first-order valence-corrected chi connectivity index (χ1v) is 5.00. The molecule has 0 aliphatic rings. The van der Waals surface area contributed by atoms with E-state index >= 15 is 0 Å². The minimum atomic E-state index is 0.357. The van der Waals surface area contributed by atoms with Crippen molar-refractivity contribution in [2.24, 2.45) is 5.73 Å². The van der Waals surface area contributed by atoms with Crippen LogP contribution in [0.3, 0.4) is 0 Å². The van der Waals surface area contributed by atoms with Crippen molar-refractivity contribution in [1.82, 2.24) is 10.3 Å². The first-order chi connectivity index (χ1) is 6.63. The van der Waals surface area contributed by atoms with Crippen LogP contribution in [0.2, 0.25) is 0 Å². The Morgan fingerprint density at radius 2 is 2.14 bits per heavy atom. The average molecular weight is 193 g/mol. The molecule has 3 N–H and O–H groups in total. The molecule has 0 radical (unpaired) electrons. The highest BCUT2D eigenvalue weighted by Crippen LogP contribution is 2.05. The Morgan fingerprint density at radius 1 is 1.43 bits per heavy atom. The molecule has 1 heterocycles. The van der Waals surface area contributed by atoms with Crippen LogP contribution in [0.4, 0.5) is 0 Å². The van der Waals surface area contributed by atoms with Crippen molar-refractivity contribution in [3.63, 3.8) is 0 Å². The normalized spacial score (nSPS) is 12.9. The topological polar surface area (TPSA) is 50.9 Å². The molecule has 0 bridgehead atoms. The highest BCUT2D eigenvalue weighted by Gasteiger charge is 2.02. The van der Waals surface area contributed by atoms with E-state index in [4.69, 9.17) is 5.73 Å². The summed E-state index contributed by atoms with van der Waals surface area (Å²) in [6.45, 7) is 7.64. The van der Waals surface area contributed by atoms with Crippen LogP contribution >= 0.6 is 0 Å². The molecule has 0 fully saturated rings. The molecular weight excluding hydrogens is 174 g/mol. The van der Waals surface area contributed by atoms with E-state index in [0.29, 0.717) is 12.6 Å². The summed E-state index contributed by atoms with van der Waals surface area (Å²) in [6.07, 6.45) is 0. The molecule has 0 saturated carbocycles. The maximum Gasteiger partial charge on any atom is 0.0420 e. The van der Waals surface area contributed by atoms with Crippen LogP contribution in [0, 0.1) is 13.8 Å². The lowest BCUT2D eigenvalue weighted by Crippen LogP contribution is -2.32. The Hall–Kier alpha value is -0.930. The standard InChI is InChI=1S/C11H19N3/c1-8-4-5-11(10(3)14-8)7-13-9(2)6-12/h4-5,9,13H,6-7,12H2,1-3H3/t9-/m0/s1. The summed E-state index contributed by atoms with van der Waals surface area (Å²) >= 11 is 0. The zero-order valence-corrected chi connectivity index (χ0v) is 9.17. The van der Waals surface area contributed by atoms with Crippen LogP contribution in [-0.2, 0) is 6.54 Å². The van der Waals surface area contributed by atoms with Gasteiger partial charge in [-0.1, -0.05) is 6.07 Å². The minimum Gasteiger partial charge on any atom is -0.329 e. The van der Waals surface area contributed by atoms with Crippen molar-refractivity contribution in [3.05, 3.63) is 29.1 Å². The lowest BCUT2D eigenvalue weighted by molar-refractivity contribution is 0.554. The highest BCUT2D eigenvalue weighted by molar-refractivity contribution is 5.21. The smallest absolute Gasteiger partial charge is 0.0420 e. The number of rotatable bonds is 4. The highest BCUT2D eigenvalue weighted by atomic mass is 14.9. The molecule has 78 valence electrons. The van der Waals surface area contributed by atoms with E-state index in [0.717, 1.165) is 17.9 Å². The van der Waals surface area contributed by atoms with Crippen LogP contribution < -0.4 is 11.1 Å². The quantitative estimate of drug-likeness (QED) is 0.754. The average Bonchev–Trinajstić information content (AvgIpc) is 2.16. The van der Waals surface area contributed by atoms with Gasteiger partial charge in [0.2, 0.25) is 0 Å². The Labute approximate surface area is 85.7 Å². The van der Waals surface area contributed by atoms with Crippen molar-refractivity contribution in [2.45, 2.75) is 33.4 Å². The summed E-state index contributed by atoms with van der Waals surface area (Å²) in [6, 6.07) is 4.51. The number of pyridine rings is 1. The van der Waals surface area contributed by atoms with E-state index in [1.807, 2.05) is 19.9 Å². The van der Waals surface area contributed by atoms with Crippen molar-refractivity contribution in [3.8, 4) is 0 Å². The summed E-state index contributed by atoms with van der Waals surface area (Å²) in [7, 11) is 0. The van der Waals surface area contributed by atoms with Gasteiger partial charge >= 0.3 is 0 Å². The Balaban J connectivity index is 2.59. The Morgan fingerprint density at radius 3 is 2.71 bits per heavy atom. The molecule has 3 nitrogen and oxygen atoms in total. The Bertz CT molecular complexity index is 297. The summed E-state index contributed by atoms with van der Waals surface area (Å²) in [5.74, 6) is 0. The molecule has 3 heteroatoms. The molecule has 1 aromatic rings. The second kappa shape index (κ2) is 5.08. The predicted molar refractivity (Wildman–Crippen MR) is 59.1 cm³/mol. The zero-order valence-electron chi connectivity index (χ0n) is 9.17. The monoisotopic (exact) mass is 193 g/mol. The molecule has 0 unspecified atom stereocenters. The van der Waals surface area contributed by atoms with E-state index in [2.05, 4.69) is 23.3 Å². The number of hydrogen-bond acceptors (Lipinski definition) is 3. The van der Waals surface area contributed by atoms with Gasteiger partial charge in [-0.3, -0.25) is 4.98 Å². The number of nitrogens with two attached hydrogens (primary N) is 1. The number of nitrogens with one attached hydrogen (secondary N) is 1. The molecule has 1 rings (SSSR count). The molecule has 0 aromatic carbocycles. The summed E-state index contributed by atoms with van der Waals surface area (Å²) in [5, 5.41) is 3.34. The second-order valence-electron chi connectivity index (χ2n) is 3.71. The third-order valence-corrected chi connectivity index (χ3v) is 2.33. The van der Waals surface area contributed by atoms with Crippen LogP contribution in [-0.4, -0.2) is 17.6 Å². The molecule has 1 atom stereocenters. The van der Waals surface area contributed by atoms with Gasteiger partial charge in [-0.25, -0.2) is 0 Å². The number of hydrogen-bond donors (Lipinski definition) is 2. The molecule has 0 amide bonds. The van der Waals surface area contributed by atoms with Gasteiger partial charge in [0.05, 0.1) is 0 Å². The molecule has 0 saturated heterocycles. The zero-order chi connectivity index (χ0) is 10.6. The fourth-order valence-electron chi connectivity index (χ4n) is 1.27. The van der Waals surface area contributed by atoms with Crippen LogP contribution in [0.15, 0.2) is 12.1 Å². The van der Waals surface area contributed by atoms with Crippen molar-refractivity contribution in [2.75, 3.05) is 6.54 Å². The molecule has 14 heavy (non-hydrogen) atoms. The van der Waals surface area contributed by atoms with E-state index < -0.39 is 0 Å². The second-order valence-corrected chi connectivity index (χ2v) is 3.71. The van der Waals surface area contributed by atoms with Crippen molar-refractivity contribution < 1.29 is 0 Å². The summed E-state index contributed by atoms with van der Waals surface area (Å²) in [4.78, 5) is 4.41. The predicted octanol–water partition coefficient (Wildman–Crippen LogP) is 1.14. The van der Waals surface area contributed by atoms with Gasteiger partial charge in [0.15, 0.2) is 0 Å². The minimum absolute atomic E-state index is 0.357. The van der Waals surface area contributed by atoms with Gasteiger partial charge in [0, 0.05) is 30.5 Å². The lowest BCUT2D eigenvalue weighted by atomic mass is 10.2. The largest absolute Gasteiger partial charge is 0.329 e. The molecule has 0 spiro atoms. The third-order valence-electron chi connectivity index (χ3n) is 2.33. The molecule has 0 aliphatic carbocycles. The summed E-state index contributed by atoms with van der Waals surface area (Å²) in [5.41, 5.74) is 8.93. The van der Waals surface area contributed by atoms with Crippen LogP contribution in [0.25, 0.3) is 0 Å². The Kier molecular flexibility index (Phi) is 4.04. The van der Waals surface area contributed by atoms with E-state index in [1.165, 1.54) is 5.56 Å². The van der Waals surface area contributed by atoms with Gasteiger partial charge in [-0.15, -0.1) is 0 Å². The van der Waals surface area contributed by atoms with Crippen LogP contribution in [0.1, 0.15) is 23.9 Å². The van der Waals surface area contributed by atoms with Crippen LogP contribution in [0.5, 0.6) is 0 Å². The molecule has 1 aromatic heterocycles. The maximum atomic E-state index is 5.52. The van der Waals surface area contributed by atoms with Gasteiger partial charge in [0.1, 0.15) is 0 Å². The van der Waals surface area contributed by atoms with E-state index in [-0.39, 0.29) is 0 Å². The van der Waals surface area contributed by atoms with Gasteiger partial charge < -0.3 is 11.1 Å². The first-order valence-electron chi connectivity index (χ1n) is 5.00. The molecule has 0 aliphatic heterocycles. The first kappa shape index (κ1) is 11.1. The fraction of sp³-hybridized carbons (Fsp3) is 0.545. The van der Waals surface area contributed by atoms with Gasteiger partial charge in [-0.2, -0.15) is 0 Å².